The molecule has 0 aromatic rings. The fourth-order valence-electron chi connectivity index (χ4n) is 2.57. The minimum absolute atomic E-state index is 1.12. The molecule has 0 spiro atoms. The first kappa shape index (κ1) is 6.44. The summed E-state index contributed by atoms with van der Waals surface area (Å²) in [5, 5.41) is 0. The van der Waals surface area contributed by atoms with E-state index < -0.39 is 0 Å². The first-order valence-electron chi connectivity index (χ1n) is 3.96. The van der Waals surface area contributed by atoms with Crippen LogP contribution < -0.4 is 0 Å². The molecule has 3 atom stereocenters. The van der Waals surface area contributed by atoms with Crippen molar-refractivity contribution in [3.05, 3.63) is 0 Å². The number of halogens is 1. The fourth-order valence-corrected chi connectivity index (χ4v) is 3.64. The van der Waals surface area contributed by atoms with Gasteiger partial charge < -0.3 is 0 Å². The summed E-state index contributed by atoms with van der Waals surface area (Å²) in [5.41, 5.74) is 0. The average molecular weight is 236 g/mol. The maximum Gasteiger partial charge on any atom is 0.00264 e. The Morgan fingerprint density at radius 2 is 2.11 bits per heavy atom. The number of alkyl halides is 1. The van der Waals surface area contributed by atoms with Gasteiger partial charge in [0.2, 0.25) is 0 Å². The highest BCUT2D eigenvalue weighted by Gasteiger charge is 2.38. The van der Waals surface area contributed by atoms with Gasteiger partial charge in [-0.2, -0.15) is 0 Å². The maximum absolute atomic E-state index is 2.55. The lowest BCUT2D eigenvalue weighted by atomic mass is 9.91. The highest BCUT2D eigenvalue weighted by molar-refractivity contribution is 14.1. The van der Waals surface area contributed by atoms with Crippen LogP contribution in [0.5, 0.6) is 0 Å². The van der Waals surface area contributed by atoms with Crippen molar-refractivity contribution in [2.75, 3.05) is 4.43 Å². The number of fused-ring (bicyclic) bond motifs is 2. The van der Waals surface area contributed by atoms with E-state index in [-0.39, 0.29) is 0 Å². The van der Waals surface area contributed by atoms with E-state index in [2.05, 4.69) is 22.6 Å². The number of rotatable bonds is 1. The van der Waals surface area contributed by atoms with Crippen LogP contribution in [-0.2, 0) is 0 Å². The van der Waals surface area contributed by atoms with Crippen molar-refractivity contribution < 1.29 is 0 Å². The molecule has 0 heterocycles. The number of hydrogen-bond acceptors (Lipinski definition) is 0. The van der Waals surface area contributed by atoms with Crippen LogP contribution in [-0.4, -0.2) is 4.43 Å². The third-order valence-corrected chi connectivity index (χ3v) is 4.21. The smallest absolute Gasteiger partial charge is 0.00264 e. The van der Waals surface area contributed by atoms with Crippen molar-refractivity contribution in [3.8, 4) is 0 Å². The third-order valence-electron chi connectivity index (χ3n) is 3.08. The van der Waals surface area contributed by atoms with E-state index in [1.54, 1.807) is 25.7 Å². The zero-order valence-corrected chi connectivity index (χ0v) is 7.80. The zero-order chi connectivity index (χ0) is 6.27. The van der Waals surface area contributed by atoms with Gasteiger partial charge in [-0.1, -0.05) is 29.0 Å². The summed E-state index contributed by atoms with van der Waals surface area (Å²) in [6, 6.07) is 0. The van der Waals surface area contributed by atoms with Crippen LogP contribution in [0.3, 0.4) is 0 Å². The van der Waals surface area contributed by atoms with Crippen LogP contribution in [0, 0.1) is 17.8 Å². The van der Waals surface area contributed by atoms with Crippen LogP contribution >= 0.6 is 22.6 Å². The van der Waals surface area contributed by atoms with Crippen LogP contribution in [0.15, 0.2) is 0 Å². The predicted molar refractivity (Wildman–Crippen MR) is 47.8 cm³/mol. The molecule has 0 N–H and O–H groups in total. The van der Waals surface area contributed by atoms with E-state index >= 15 is 0 Å². The molecular weight excluding hydrogens is 223 g/mol. The first-order valence-corrected chi connectivity index (χ1v) is 5.48. The summed E-state index contributed by atoms with van der Waals surface area (Å²) in [6.45, 7) is 0. The van der Waals surface area contributed by atoms with Gasteiger partial charge in [-0.3, -0.25) is 0 Å². The molecular formula is C8H13I. The van der Waals surface area contributed by atoms with Gasteiger partial charge >= 0.3 is 0 Å². The van der Waals surface area contributed by atoms with Gasteiger partial charge in [-0.15, -0.1) is 0 Å². The second-order valence-corrected chi connectivity index (χ2v) is 4.47. The Labute approximate surface area is 70.5 Å². The Hall–Kier alpha value is 0.730. The van der Waals surface area contributed by atoms with E-state index in [4.69, 9.17) is 0 Å². The van der Waals surface area contributed by atoms with Crippen molar-refractivity contribution in [2.24, 2.45) is 17.8 Å². The summed E-state index contributed by atoms with van der Waals surface area (Å²) < 4.78 is 1.42. The molecule has 2 aliphatic carbocycles. The van der Waals surface area contributed by atoms with Gasteiger partial charge in [0.25, 0.3) is 0 Å². The third kappa shape index (κ3) is 1.02. The Bertz CT molecular complexity index is 111. The lowest BCUT2D eigenvalue weighted by Crippen LogP contribution is -2.10. The van der Waals surface area contributed by atoms with Gasteiger partial charge in [0.15, 0.2) is 0 Å². The van der Waals surface area contributed by atoms with Gasteiger partial charge in [-0.05, 0) is 37.0 Å². The van der Waals surface area contributed by atoms with Crippen LogP contribution in [0.25, 0.3) is 0 Å². The van der Waals surface area contributed by atoms with E-state index in [9.17, 15) is 0 Å². The lowest BCUT2D eigenvalue weighted by molar-refractivity contribution is 0.369. The topological polar surface area (TPSA) is 0 Å². The second-order valence-electron chi connectivity index (χ2n) is 3.59. The Balaban J connectivity index is 2.01. The van der Waals surface area contributed by atoms with Crippen LogP contribution in [0.2, 0.25) is 0 Å². The summed E-state index contributed by atoms with van der Waals surface area (Å²) in [5.74, 6) is 3.41. The molecule has 3 unspecified atom stereocenters. The lowest BCUT2D eigenvalue weighted by Gasteiger charge is -2.18. The molecule has 9 heavy (non-hydrogen) atoms. The van der Waals surface area contributed by atoms with E-state index in [0.29, 0.717) is 0 Å². The van der Waals surface area contributed by atoms with Crippen LogP contribution in [0.4, 0.5) is 0 Å². The fraction of sp³-hybridized carbons (Fsp3) is 1.00. The molecule has 2 fully saturated rings. The summed E-state index contributed by atoms with van der Waals surface area (Å²) in [7, 11) is 0. The first-order chi connectivity index (χ1) is 4.40. The Kier molecular flexibility index (Phi) is 1.72. The summed E-state index contributed by atoms with van der Waals surface area (Å²) in [4.78, 5) is 0. The predicted octanol–water partition coefficient (Wildman–Crippen LogP) is 2.86. The van der Waals surface area contributed by atoms with Gasteiger partial charge in [0.1, 0.15) is 0 Å². The van der Waals surface area contributed by atoms with Gasteiger partial charge in [-0.25, -0.2) is 0 Å². The van der Waals surface area contributed by atoms with E-state index in [1.165, 1.54) is 4.43 Å². The molecule has 0 aliphatic heterocycles. The standard InChI is InChI=1S/C8H13I/c9-5-8-4-6-1-2-7(8)3-6/h6-8H,1-5H2. The quantitative estimate of drug-likeness (QED) is 0.485. The van der Waals surface area contributed by atoms with Crippen molar-refractivity contribution in [1.82, 2.24) is 0 Å². The van der Waals surface area contributed by atoms with Crippen molar-refractivity contribution in [2.45, 2.75) is 25.7 Å². The summed E-state index contributed by atoms with van der Waals surface area (Å²) >= 11 is 2.55. The van der Waals surface area contributed by atoms with Crippen molar-refractivity contribution in [1.29, 1.82) is 0 Å². The molecule has 0 nitrogen and oxygen atoms in total. The number of hydrogen-bond donors (Lipinski definition) is 0. The largest absolute Gasteiger partial charge is 0.0861 e. The highest BCUT2D eigenvalue weighted by Crippen LogP contribution is 2.48. The second kappa shape index (κ2) is 2.40. The molecule has 52 valence electrons. The molecule has 2 saturated carbocycles. The molecule has 0 saturated heterocycles. The molecule has 0 radical (unpaired) electrons. The highest BCUT2D eigenvalue weighted by atomic mass is 127. The van der Waals surface area contributed by atoms with Crippen molar-refractivity contribution in [3.63, 3.8) is 0 Å². The normalized spacial score (nSPS) is 48.3. The molecule has 2 aliphatic rings. The van der Waals surface area contributed by atoms with E-state index in [0.717, 1.165) is 17.8 Å². The molecule has 2 rings (SSSR count). The van der Waals surface area contributed by atoms with Gasteiger partial charge in [0, 0.05) is 4.43 Å². The SMILES string of the molecule is ICC1CC2CCC1C2. The maximum atomic E-state index is 2.55. The zero-order valence-electron chi connectivity index (χ0n) is 5.65. The summed E-state index contributed by atoms with van der Waals surface area (Å²) in [6.07, 6.45) is 6.25. The molecule has 0 aromatic carbocycles. The Morgan fingerprint density at radius 3 is 2.44 bits per heavy atom. The molecule has 1 heteroatoms. The minimum atomic E-state index is 1.12. The molecule has 0 aromatic heterocycles. The van der Waals surface area contributed by atoms with Crippen LogP contribution in [0.1, 0.15) is 25.7 Å². The van der Waals surface area contributed by atoms with Crippen molar-refractivity contribution >= 4 is 22.6 Å². The monoisotopic (exact) mass is 236 g/mol. The minimum Gasteiger partial charge on any atom is -0.0861 e. The van der Waals surface area contributed by atoms with E-state index in [1.807, 2.05) is 0 Å². The Morgan fingerprint density at radius 1 is 1.22 bits per heavy atom. The average Bonchev–Trinajstić information content (AvgIpc) is 2.45. The molecule has 0 amide bonds. The van der Waals surface area contributed by atoms with Gasteiger partial charge in [0.05, 0.1) is 0 Å². The molecule has 2 bridgehead atoms.